The molecule has 0 radical (unpaired) electrons. The average molecular weight is 403 g/mol. The number of benzene rings is 2. The van der Waals surface area contributed by atoms with Crippen molar-refractivity contribution in [2.75, 3.05) is 0 Å². The van der Waals surface area contributed by atoms with Crippen LogP contribution in [0.1, 0.15) is 40.4 Å². The smallest absolute Gasteiger partial charge is 0.0972 e. The maximum absolute atomic E-state index is 4.97. The van der Waals surface area contributed by atoms with Gasteiger partial charge in [-0.25, -0.2) is 9.67 Å². The number of thiazole rings is 1. The van der Waals surface area contributed by atoms with E-state index in [9.17, 15) is 0 Å². The first kappa shape index (κ1) is 19.6. The monoisotopic (exact) mass is 402 g/mol. The Hall–Kier alpha value is -2.76. The van der Waals surface area contributed by atoms with Crippen LogP contribution in [0.25, 0.3) is 16.9 Å². The fourth-order valence-corrected chi connectivity index (χ4v) is 4.12. The fourth-order valence-electron chi connectivity index (χ4n) is 3.41. The molecule has 0 fully saturated rings. The summed E-state index contributed by atoms with van der Waals surface area (Å²) in [5.41, 5.74) is 7.98. The van der Waals surface area contributed by atoms with Crippen LogP contribution in [0.3, 0.4) is 0 Å². The van der Waals surface area contributed by atoms with Crippen LogP contribution in [0.15, 0.2) is 60.1 Å². The second kappa shape index (κ2) is 8.31. The molecule has 148 valence electrons. The largest absolute Gasteiger partial charge is 0.305 e. The van der Waals surface area contributed by atoms with E-state index >= 15 is 0 Å². The van der Waals surface area contributed by atoms with Crippen LogP contribution < -0.4 is 5.32 Å². The zero-order valence-corrected chi connectivity index (χ0v) is 18.1. The first-order chi connectivity index (χ1) is 14.0. The van der Waals surface area contributed by atoms with E-state index in [1.807, 2.05) is 17.7 Å². The van der Waals surface area contributed by atoms with Gasteiger partial charge in [0.15, 0.2) is 0 Å². The Morgan fingerprint density at radius 1 is 1.07 bits per heavy atom. The maximum Gasteiger partial charge on any atom is 0.0972 e. The van der Waals surface area contributed by atoms with E-state index in [0.29, 0.717) is 0 Å². The van der Waals surface area contributed by atoms with Crippen molar-refractivity contribution in [1.82, 2.24) is 20.1 Å². The predicted molar refractivity (Wildman–Crippen MR) is 121 cm³/mol. The molecule has 4 nitrogen and oxygen atoms in total. The topological polar surface area (TPSA) is 42.7 Å². The van der Waals surface area contributed by atoms with Gasteiger partial charge in [0.05, 0.1) is 22.1 Å². The van der Waals surface area contributed by atoms with Gasteiger partial charge < -0.3 is 5.32 Å². The van der Waals surface area contributed by atoms with Crippen molar-refractivity contribution in [3.63, 3.8) is 0 Å². The summed E-state index contributed by atoms with van der Waals surface area (Å²) in [7, 11) is 0. The lowest BCUT2D eigenvalue weighted by atomic mass is 10.1. The molecule has 1 atom stereocenters. The van der Waals surface area contributed by atoms with E-state index in [4.69, 9.17) is 5.10 Å². The number of hydrogen-bond acceptors (Lipinski definition) is 4. The summed E-state index contributed by atoms with van der Waals surface area (Å²) in [6.07, 6.45) is 2.15. The van der Waals surface area contributed by atoms with Gasteiger partial charge in [-0.2, -0.15) is 5.10 Å². The normalized spacial score (nSPS) is 12.3. The van der Waals surface area contributed by atoms with Crippen molar-refractivity contribution in [1.29, 1.82) is 0 Å². The van der Waals surface area contributed by atoms with Crippen molar-refractivity contribution in [2.24, 2.45) is 0 Å². The van der Waals surface area contributed by atoms with Crippen LogP contribution in [-0.4, -0.2) is 14.8 Å². The average Bonchev–Trinajstić information content (AvgIpc) is 3.35. The Labute approximate surface area is 176 Å². The van der Waals surface area contributed by atoms with Gasteiger partial charge in [0, 0.05) is 35.3 Å². The Morgan fingerprint density at radius 2 is 1.86 bits per heavy atom. The molecule has 0 spiro atoms. The molecule has 0 saturated carbocycles. The van der Waals surface area contributed by atoms with Gasteiger partial charge >= 0.3 is 0 Å². The summed E-state index contributed by atoms with van der Waals surface area (Å²) >= 11 is 1.69. The van der Waals surface area contributed by atoms with Crippen molar-refractivity contribution in [3.05, 3.63) is 87.5 Å². The van der Waals surface area contributed by atoms with E-state index in [-0.39, 0.29) is 6.04 Å². The minimum Gasteiger partial charge on any atom is -0.305 e. The van der Waals surface area contributed by atoms with Gasteiger partial charge in [0.25, 0.3) is 0 Å². The third kappa shape index (κ3) is 4.31. The molecular weight excluding hydrogens is 376 g/mol. The third-order valence-electron chi connectivity index (χ3n) is 5.13. The van der Waals surface area contributed by atoms with Crippen molar-refractivity contribution in [3.8, 4) is 16.9 Å². The Kier molecular flexibility index (Phi) is 5.60. The van der Waals surface area contributed by atoms with Crippen LogP contribution in [-0.2, 0) is 6.54 Å². The molecule has 0 aliphatic heterocycles. The van der Waals surface area contributed by atoms with Gasteiger partial charge in [-0.15, -0.1) is 11.3 Å². The molecule has 0 aliphatic carbocycles. The van der Waals surface area contributed by atoms with E-state index in [1.54, 1.807) is 11.3 Å². The summed E-state index contributed by atoms with van der Waals surface area (Å²) in [6, 6.07) is 17.1. The highest BCUT2D eigenvalue weighted by Crippen LogP contribution is 2.26. The number of hydrogen-bond donors (Lipinski definition) is 1. The van der Waals surface area contributed by atoms with Crippen LogP contribution in [0.5, 0.6) is 0 Å². The summed E-state index contributed by atoms with van der Waals surface area (Å²) in [6.45, 7) is 9.18. The van der Waals surface area contributed by atoms with Gasteiger partial charge in [0.2, 0.25) is 0 Å². The molecule has 4 aromatic rings. The Balaban J connectivity index is 1.68. The Morgan fingerprint density at radius 3 is 2.59 bits per heavy atom. The molecule has 0 bridgehead atoms. The summed E-state index contributed by atoms with van der Waals surface area (Å²) in [5.74, 6) is 0. The number of nitrogens with one attached hydrogen (secondary N) is 1. The molecule has 2 heterocycles. The second-order valence-electron chi connectivity index (χ2n) is 7.50. The number of aromatic nitrogens is 3. The molecule has 29 heavy (non-hydrogen) atoms. The molecular formula is C24H26N4S. The standard InChI is InChI=1S/C24H26N4S/c1-16-10-11-17(2)23(12-16)28-14-21(24(27-28)20-8-6-5-7-9-20)13-25-18(3)22-15-29-19(4)26-22/h5-12,14-15,18,25H,13H2,1-4H3. The first-order valence-electron chi connectivity index (χ1n) is 9.88. The molecule has 0 aliphatic rings. The fraction of sp³-hybridized carbons (Fsp3) is 0.250. The minimum absolute atomic E-state index is 0.188. The zero-order valence-electron chi connectivity index (χ0n) is 17.3. The van der Waals surface area contributed by atoms with Crippen LogP contribution in [0, 0.1) is 20.8 Å². The quantitative estimate of drug-likeness (QED) is 0.445. The third-order valence-corrected chi connectivity index (χ3v) is 5.92. The van der Waals surface area contributed by atoms with Crippen LogP contribution >= 0.6 is 11.3 Å². The van der Waals surface area contributed by atoms with E-state index in [1.165, 1.54) is 16.7 Å². The van der Waals surface area contributed by atoms with E-state index < -0.39 is 0 Å². The number of nitrogens with zero attached hydrogens (tertiary/aromatic N) is 3. The molecule has 1 unspecified atom stereocenters. The molecule has 0 amide bonds. The van der Waals surface area contributed by atoms with E-state index in [0.717, 1.165) is 34.2 Å². The van der Waals surface area contributed by atoms with Crippen LogP contribution in [0.4, 0.5) is 0 Å². The number of aryl methyl sites for hydroxylation is 3. The summed E-state index contributed by atoms with van der Waals surface area (Å²) < 4.78 is 2.01. The molecule has 5 heteroatoms. The summed E-state index contributed by atoms with van der Waals surface area (Å²) in [4.78, 5) is 4.61. The number of rotatable bonds is 6. The zero-order chi connectivity index (χ0) is 20.4. The summed E-state index contributed by atoms with van der Waals surface area (Å²) in [5, 5.41) is 11.8. The Bertz CT molecular complexity index is 1110. The predicted octanol–water partition coefficient (Wildman–Crippen LogP) is 5.77. The first-order valence-corrected chi connectivity index (χ1v) is 10.8. The minimum atomic E-state index is 0.188. The van der Waals surface area contributed by atoms with E-state index in [2.05, 4.69) is 85.1 Å². The van der Waals surface area contributed by atoms with Gasteiger partial charge in [-0.05, 0) is 44.9 Å². The van der Waals surface area contributed by atoms with Crippen molar-refractivity contribution < 1.29 is 0 Å². The SMILES string of the molecule is Cc1ccc(C)c(-n2cc(CNC(C)c3csc(C)n3)c(-c3ccccc3)n2)c1. The molecule has 2 aromatic heterocycles. The van der Waals surface area contributed by atoms with Crippen molar-refractivity contribution >= 4 is 11.3 Å². The second-order valence-corrected chi connectivity index (χ2v) is 8.56. The maximum atomic E-state index is 4.97. The highest BCUT2D eigenvalue weighted by Gasteiger charge is 2.15. The highest BCUT2D eigenvalue weighted by molar-refractivity contribution is 7.09. The van der Waals surface area contributed by atoms with Gasteiger partial charge in [-0.3, -0.25) is 0 Å². The lowest BCUT2D eigenvalue weighted by Gasteiger charge is -2.11. The molecule has 4 rings (SSSR count). The lowest BCUT2D eigenvalue weighted by Crippen LogP contribution is -2.18. The van der Waals surface area contributed by atoms with Gasteiger partial charge in [0.1, 0.15) is 0 Å². The molecule has 1 N–H and O–H groups in total. The lowest BCUT2D eigenvalue weighted by molar-refractivity contribution is 0.564. The molecule has 2 aromatic carbocycles. The van der Waals surface area contributed by atoms with Gasteiger partial charge in [-0.1, -0.05) is 42.5 Å². The van der Waals surface area contributed by atoms with Crippen LogP contribution in [0.2, 0.25) is 0 Å². The van der Waals surface area contributed by atoms with Crippen molar-refractivity contribution in [2.45, 2.75) is 40.3 Å². The highest BCUT2D eigenvalue weighted by atomic mass is 32.1. The molecule has 0 saturated heterocycles.